The van der Waals surface area contributed by atoms with Crippen molar-refractivity contribution < 1.29 is 9.53 Å². The minimum atomic E-state index is -0.256. The monoisotopic (exact) mass is 237 g/mol. The fourth-order valence-electron chi connectivity index (χ4n) is 2.41. The molecule has 1 atom stereocenters. The van der Waals surface area contributed by atoms with E-state index in [4.69, 9.17) is 10.00 Å². The summed E-state index contributed by atoms with van der Waals surface area (Å²) in [4.78, 5) is 11.9. The van der Waals surface area contributed by atoms with Gasteiger partial charge in [0, 0.05) is 5.57 Å². The second-order valence-corrected chi connectivity index (χ2v) is 4.43. The van der Waals surface area contributed by atoms with E-state index in [2.05, 4.69) is 6.07 Å². The number of nitrogens with zero attached hydrogens (tertiary/aromatic N) is 1. The van der Waals surface area contributed by atoms with Gasteiger partial charge in [0.25, 0.3) is 0 Å². The molecule has 0 radical (unpaired) electrons. The number of fused-ring (bicyclic) bond motifs is 2. The van der Waals surface area contributed by atoms with Gasteiger partial charge in [0.1, 0.15) is 11.5 Å². The van der Waals surface area contributed by atoms with E-state index in [1.165, 1.54) is 0 Å². The lowest BCUT2D eigenvalue weighted by Gasteiger charge is -2.29. The zero-order valence-electron chi connectivity index (χ0n) is 9.72. The first-order chi connectivity index (χ1) is 8.79. The number of nitriles is 1. The molecule has 3 rings (SSSR count). The Bertz CT molecular complexity index is 620. The van der Waals surface area contributed by atoms with E-state index >= 15 is 0 Å². The molecule has 1 heterocycles. The van der Waals surface area contributed by atoms with Crippen LogP contribution in [0.25, 0.3) is 0 Å². The van der Waals surface area contributed by atoms with E-state index in [-0.39, 0.29) is 18.1 Å². The zero-order valence-corrected chi connectivity index (χ0v) is 9.72. The minimum Gasteiger partial charge on any atom is -0.460 e. The van der Waals surface area contributed by atoms with Crippen molar-refractivity contribution in [1.82, 2.24) is 0 Å². The predicted octanol–water partition coefficient (Wildman–Crippen LogP) is 2.54. The molecule has 18 heavy (non-hydrogen) atoms. The average molecular weight is 237 g/mol. The van der Waals surface area contributed by atoms with Crippen LogP contribution in [-0.2, 0) is 11.2 Å². The highest BCUT2D eigenvalue weighted by molar-refractivity contribution is 5.96. The van der Waals surface area contributed by atoms with Crippen molar-refractivity contribution >= 4 is 5.78 Å². The molecular weight excluding hydrogens is 226 g/mol. The van der Waals surface area contributed by atoms with Gasteiger partial charge in [-0.25, -0.2) is 0 Å². The standard InChI is InChI=1S/C15H11NO2/c16-8-7-10-5-6-13(17)12-9-11-3-1-2-4-14(11)18-15(10)12/h1-6,12H,7,9H2. The van der Waals surface area contributed by atoms with Gasteiger partial charge in [0.05, 0.1) is 18.4 Å². The number of benzene rings is 1. The minimum absolute atomic E-state index is 0.0567. The normalized spacial score (nSPS) is 20.8. The van der Waals surface area contributed by atoms with Crippen LogP contribution in [0.5, 0.6) is 5.75 Å². The maximum absolute atomic E-state index is 11.9. The molecule has 0 saturated heterocycles. The molecule has 0 fully saturated rings. The number of carbonyl (C=O) groups excluding carboxylic acids is 1. The highest BCUT2D eigenvalue weighted by Crippen LogP contribution is 2.37. The van der Waals surface area contributed by atoms with Crippen molar-refractivity contribution in [3.63, 3.8) is 0 Å². The van der Waals surface area contributed by atoms with Gasteiger partial charge in [-0.2, -0.15) is 5.26 Å². The molecule has 2 aliphatic rings. The molecule has 1 aromatic carbocycles. The molecule has 3 heteroatoms. The molecule has 3 nitrogen and oxygen atoms in total. The lowest BCUT2D eigenvalue weighted by Crippen LogP contribution is -2.28. The fraction of sp³-hybridized carbons (Fsp3) is 0.200. The van der Waals surface area contributed by atoms with E-state index in [9.17, 15) is 4.79 Å². The quantitative estimate of drug-likeness (QED) is 0.754. The van der Waals surface area contributed by atoms with Gasteiger partial charge in [0.15, 0.2) is 5.78 Å². The Morgan fingerprint density at radius 3 is 3.00 bits per heavy atom. The topological polar surface area (TPSA) is 50.1 Å². The molecule has 1 aliphatic carbocycles. The second-order valence-electron chi connectivity index (χ2n) is 4.43. The van der Waals surface area contributed by atoms with E-state index in [1.54, 1.807) is 12.2 Å². The summed E-state index contributed by atoms with van der Waals surface area (Å²) in [5, 5.41) is 8.81. The molecule has 0 bridgehead atoms. The van der Waals surface area contributed by atoms with Crippen molar-refractivity contribution in [3.8, 4) is 11.8 Å². The number of para-hydroxylation sites is 1. The van der Waals surface area contributed by atoms with Crippen LogP contribution in [0.15, 0.2) is 47.7 Å². The number of carbonyl (C=O) groups is 1. The van der Waals surface area contributed by atoms with Gasteiger partial charge in [0.2, 0.25) is 0 Å². The maximum atomic E-state index is 11.9. The summed E-state index contributed by atoms with van der Waals surface area (Å²) in [5.74, 6) is 1.25. The van der Waals surface area contributed by atoms with Gasteiger partial charge in [-0.05, 0) is 24.1 Å². The third kappa shape index (κ3) is 1.63. The Morgan fingerprint density at radius 1 is 1.33 bits per heavy atom. The van der Waals surface area contributed by atoms with Gasteiger partial charge in [-0.15, -0.1) is 0 Å². The molecule has 0 saturated carbocycles. The average Bonchev–Trinajstić information content (AvgIpc) is 2.41. The summed E-state index contributed by atoms with van der Waals surface area (Å²) in [7, 11) is 0. The molecule has 88 valence electrons. The fourth-order valence-corrected chi connectivity index (χ4v) is 2.41. The number of rotatable bonds is 1. The van der Waals surface area contributed by atoms with Crippen molar-refractivity contribution in [1.29, 1.82) is 5.26 Å². The summed E-state index contributed by atoms with van der Waals surface area (Å²) in [6.45, 7) is 0. The SMILES string of the molecule is N#CCC1=C2Oc3ccccc3CC2C(=O)C=C1. The second kappa shape index (κ2) is 4.15. The van der Waals surface area contributed by atoms with E-state index in [0.29, 0.717) is 12.2 Å². The lowest BCUT2D eigenvalue weighted by atomic mass is 9.84. The first-order valence-corrected chi connectivity index (χ1v) is 5.87. The third-order valence-electron chi connectivity index (χ3n) is 3.31. The lowest BCUT2D eigenvalue weighted by molar-refractivity contribution is -0.118. The predicted molar refractivity (Wildman–Crippen MR) is 65.7 cm³/mol. The van der Waals surface area contributed by atoms with Crippen LogP contribution in [0.4, 0.5) is 0 Å². The van der Waals surface area contributed by atoms with Crippen LogP contribution in [0, 0.1) is 17.2 Å². The van der Waals surface area contributed by atoms with Crippen molar-refractivity contribution in [2.75, 3.05) is 0 Å². The smallest absolute Gasteiger partial charge is 0.166 e. The number of ketones is 1. The van der Waals surface area contributed by atoms with E-state index < -0.39 is 0 Å². The van der Waals surface area contributed by atoms with Crippen LogP contribution >= 0.6 is 0 Å². The molecule has 1 aliphatic heterocycles. The Labute approximate surface area is 105 Å². The molecule has 0 spiro atoms. The zero-order chi connectivity index (χ0) is 12.5. The molecule has 0 aromatic heterocycles. The summed E-state index contributed by atoms with van der Waals surface area (Å²) < 4.78 is 5.83. The number of hydrogen-bond donors (Lipinski definition) is 0. The first-order valence-electron chi connectivity index (χ1n) is 5.87. The summed E-state index contributed by atoms with van der Waals surface area (Å²) in [5.41, 5.74) is 1.86. The Morgan fingerprint density at radius 2 is 2.17 bits per heavy atom. The van der Waals surface area contributed by atoms with E-state index in [0.717, 1.165) is 16.9 Å². The Hall–Kier alpha value is -2.34. The molecule has 0 N–H and O–H groups in total. The van der Waals surface area contributed by atoms with Gasteiger partial charge in [-0.3, -0.25) is 4.79 Å². The summed E-state index contributed by atoms with van der Waals surface area (Å²) >= 11 is 0. The van der Waals surface area contributed by atoms with Crippen LogP contribution in [-0.4, -0.2) is 5.78 Å². The highest BCUT2D eigenvalue weighted by atomic mass is 16.5. The molecule has 1 aromatic rings. The Balaban J connectivity index is 2.08. The van der Waals surface area contributed by atoms with Gasteiger partial charge >= 0.3 is 0 Å². The van der Waals surface area contributed by atoms with Crippen molar-refractivity contribution in [2.45, 2.75) is 12.8 Å². The van der Waals surface area contributed by atoms with Crippen LogP contribution in [0.2, 0.25) is 0 Å². The number of hydrogen-bond acceptors (Lipinski definition) is 3. The van der Waals surface area contributed by atoms with Crippen LogP contribution < -0.4 is 4.74 Å². The number of allylic oxidation sites excluding steroid dienone is 4. The molecule has 0 amide bonds. The molecule has 1 unspecified atom stereocenters. The first kappa shape index (κ1) is 10.8. The highest BCUT2D eigenvalue weighted by Gasteiger charge is 2.33. The van der Waals surface area contributed by atoms with Crippen LogP contribution in [0.3, 0.4) is 0 Å². The summed E-state index contributed by atoms with van der Waals surface area (Å²) in [6, 6.07) is 9.82. The third-order valence-corrected chi connectivity index (χ3v) is 3.31. The van der Waals surface area contributed by atoms with Crippen LogP contribution in [0.1, 0.15) is 12.0 Å². The largest absolute Gasteiger partial charge is 0.460 e. The Kier molecular flexibility index (Phi) is 2.49. The van der Waals surface area contributed by atoms with Crippen molar-refractivity contribution in [2.24, 2.45) is 5.92 Å². The summed E-state index contributed by atoms with van der Waals surface area (Å²) in [6.07, 6.45) is 4.19. The molecular formula is C15H11NO2. The van der Waals surface area contributed by atoms with Gasteiger partial charge < -0.3 is 4.74 Å². The van der Waals surface area contributed by atoms with E-state index in [1.807, 2.05) is 24.3 Å². The number of ether oxygens (including phenoxy) is 1. The van der Waals surface area contributed by atoms with Crippen molar-refractivity contribution in [3.05, 3.63) is 53.3 Å². The maximum Gasteiger partial charge on any atom is 0.166 e. The van der Waals surface area contributed by atoms with Gasteiger partial charge in [-0.1, -0.05) is 24.3 Å².